The molecule has 1 aromatic carbocycles. The molecule has 2 aromatic heterocycles. The van der Waals surface area contributed by atoms with E-state index >= 15 is 0 Å². The third-order valence-electron chi connectivity index (χ3n) is 6.42. The number of hydrogen-bond donors (Lipinski definition) is 2. The summed E-state index contributed by atoms with van der Waals surface area (Å²) in [4.78, 5) is 26.3. The van der Waals surface area contributed by atoms with E-state index in [1.165, 1.54) is 15.2 Å². The van der Waals surface area contributed by atoms with Crippen LogP contribution in [0.5, 0.6) is 0 Å². The molecule has 1 fully saturated rings. The predicted octanol–water partition coefficient (Wildman–Crippen LogP) is 1.19. The molecule has 2 aliphatic rings. The number of aryl methyl sites for hydroxylation is 2. The molecule has 0 aliphatic carbocycles. The lowest BCUT2D eigenvalue weighted by atomic mass is 9.75. The Hall–Kier alpha value is -3.51. The fraction of sp³-hybridized carbons (Fsp3) is 0.333. The molecule has 174 valence electrons. The lowest BCUT2D eigenvalue weighted by Gasteiger charge is -2.32. The quantitative estimate of drug-likeness (QED) is 0.546. The summed E-state index contributed by atoms with van der Waals surface area (Å²) in [6, 6.07) is 6.70. The minimum atomic E-state index is -3.91. The molecule has 0 saturated carbocycles. The van der Waals surface area contributed by atoms with Gasteiger partial charge in [-0.05, 0) is 25.0 Å². The van der Waals surface area contributed by atoms with E-state index in [0.717, 1.165) is 11.3 Å². The van der Waals surface area contributed by atoms with E-state index in [9.17, 15) is 13.2 Å². The fourth-order valence-electron chi connectivity index (χ4n) is 4.76. The van der Waals surface area contributed by atoms with Crippen LogP contribution >= 0.6 is 0 Å². The van der Waals surface area contributed by atoms with Crippen LogP contribution < -0.4 is 5.32 Å². The first kappa shape index (κ1) is 22.7. The number of amides is 1. The number of anilines is 1. The molecule has 33 heavy (non-hydrogen) atoms. The largest absolute Gasteiger partial charge is 0.483 e. The van der Waals surface area contributed by atoms with Gasteiger partial charge in [0.15, 0.2) is 0 Å². The molecule has 0 radical (unpaired) electrons. The number of rotatable bonds is 3. The highest BCUT2D eigenvalue weighted by Crippen LogP contribution is 2.55. The van der Waals surface area contributed by atoms with Crippen molar-refractivity contribution in [1.29, 1.82) is 0 Å². The first-order chi connectivity index (χ1) is 15.7. The molecule has 12 heteroatoms. The summed E-state index contributed by atoms with van der Waals surface area (Å²) in [5, 5.41) is 14.0. The lowest BCUT2D eigenvalue weighted by Crippen LogP contribution is -2.43. The molecule has 2 atom stereocenters. The normalized spacial score (nSPS) is 22.0. The highest BCUT2D eigenvalue weighted by atomic mass is 32.2. The Labute approximate surface area is 190 Å². The number of para-hydroxylation sites is 1. The van der Waals surface area contributed by atoms with Crippen molar-refractivity contribution in [1.82, 2.24) is 23.6 Å². The summed E-state index contributed by atoms with van der Waals surface area (Å²) in [6.45, 7) is 1.68. The third kappa shape index (κ3) is 3.25. The summed E-state index contributed by atoms with van der Waals surface area (Å²) in [7, 11) is -0.395. The molecule has 1 saturated heterocycles. The van der Waals surface area contributed by atoms with Gasteiger partial charge in [-0.15, -0.1) is 0 Å². The number of carbonyl (C=O) groups is 2. The van der Waals surface area contributed by atoms with E-state index in [0.29, 0.717) is 17.9 Å². The van der Waals surface area contributed by atoms with Gasteiger partial charge in [0, 0.05) is 38.7 Å². The minimum Gasteiger partial charge on any atom is -0.483 e. The van der Waals surface area contributed by atoms with E-state index in [1.807, 2.05) is 31.3 Å². The van der Waals surface area contributed by atoms with Gasteiger partial charge >= 0.3 is 0 Å². The average molecular weight is 473 g/mol. The van der Waals surface area contributed by atoms with Crippen molar-refractivity contribution in [3.8, 4) is 0 Å². The molecule has 3 aromatic rings. The number of nitrogens with zero attached hydrogens (tertiary/aromatic N) is 5. The van der Waals surface area contributed by atoms with E-state index in [-0.39, 0.29) is 23.8 Å². The zero-order valence-corrected chi connectivity index (χ0v) is 19.2. The van der Waals surface area contributed by atoms with E-state index in [1.54, 1.807) is 30.9 Å². The van der Waals surface area contributed by atoms with Crippen molar-refractivity contribution in [2.24, 2.45) is 14.1 Å². The average Bonchev–Trinajstić information content (AvgIpc) is 3.52. The fourth-order valence-corrected chi connectivity index (χ4v) is 6.58. The highest BCUT2D eigenvalue weighted by molar-refractivity contribution is 7.89. The first-order valence-corrected chi connectivity index (χ1v) is 11.6. The molecule has 1 amide bonds. The van der Waals surface area contributed by atoms with Crippen LogP contribution in [0.15, 0.2) is 47.8 Å². The maximum Gasteiger partial charge on any atom is 0.290 e. The van der Waals surface area contributed by atoms with Gasteiger partial charge in [-0.2, -0.15) is 9.40 Å². The van der Waals surface area contributed by atoms with Gasteiger partial charge in [-0.25, -0.2) is 13.4 Å². The van der Waals surface area contributed by atoms with E-state index in [2.05, 4.69) is 15.4 Å². The number of carboxylic acid groups (broad SMARTS) is 1. The van der Waals surface area contributed by atoms with Gasteiger partial charge < -0.3 is 15.0 Å². The maximum absolute atomic E-state index is 13.7. The van der Waals surface area contributed by atoms with Crippen LogP contribution in [0, 0.1) is 6.92 Å². The second-order valence-electron chi connectivity index (χ2n) is 7.96. The van der Waals surface area contributed by atoms with Crippen LogP contribution in [0.4, 0.5) is 5.69 Å². The van der Waals surface area contributed by atoms with Gasteiger partial charge in [0.1, 0.15) is 22.2 Å². The van der Waals surface area contributed by atoms with Gasteiger partial charge in [0.05, 0.1) is 11.9 Å². The SMILES string of the molecule is Cc1c(S(=O)(=O)N2CCC3(C(=O)Nc4ccccc43)C2c2nccn2C)cnn1C.O=CO. The zero-order chi connectivity index (χ0) is 24.0. The molecule has 5 rings (SSSR count). The number of hydrogen-bond acceptors (Lipinski definition) is 6. The Balaban J connectivity index is 0.000000821. The van der Waals surface area contributed by atoms with Crippen LogP contribution in [0.25, 0.3) is 0 Å². The number of nitrogens with one attached hydrogen (secondary N) is 1. The number of aromatic nitrogens is 4. The topological polar surface area (TPSA) is 139 Å². The Bertz CT molecular complexity index is 1330. The third-order valence-corrected chi connectivity index (χ3v) is 8.39. The van der Waals surface area contributed by atoms with Crippen LogP contribution in [-0.2, 0) is 39.1 Å². The molecule has 2 aliphatic heterocycles. The maximum atomic E-state index is 13.7. The Morgan fingerprint density at radius 1 is 1.27 bits per heavy atom. The molecular weight excluding hydrogens is 448 g/mol. The van der Waals surface area contributed by atoms with Gasteiger partial charge in [0.25, 0.3) is 6.47 Å². The van der Waals surface area contributed by atoms with E-state index in [4.69, 9.17) is 9.90 Å². The highest BCUT2D eigenvalue weighted by Gasteiger charge is 2.62. The van der Waals surface area contributed by atoms with Crippen molar-refractivity contribution in [2.75, 3.05) is 11.9 Å². The van der Waals surface area contributed by atoms with Crippen LogP contribution in [0.3, 0.4) is 0 Å². The van der Waals surface area contributed by atoms with Crippen molar-refractivity contribution in [3.63, 3.8) is 0 Å². The van der Waals surface area contributed by atoms with Crippen molar-refractivity contribution >= 4 is 28.1 Å². The standard InChI is InChI=1S/C20H22N6O3S.CH2O2/c1-13-16(12-22-25(13)3)30(28,29)26-10-8-20(17(26)18-21-9-11-24(18)2)14-6-4-5-7-15(14)23-19(20)27;2-1-3/h4-7,9,11-12,17H,8,10H2,1-3H3,(H,23,27);1H,(H,2,3). The summed E-state index contributed by atoms with van der Waals surface area (Å²) in [6.07, 6.45) is 5.13. The van der Waals surface area contributed by atoms with Crippen LogP contribution in [-0.4, -0.2) is 56.1 Å². The van der Waals surface area contributed by atoms with Gasteiger partial charge in [-0.3, -0.25) is 14.3 Å². The molecule has 0 bridgehead atoms. The summed E-state index contributed by atoms with van der Waals surface area (Å²) in [5.41, 5.74) is 1.03. The second kappa shape index (κ2) is 8.12. The first-order valence-electron chi connectivity index (χ1n) is 10.2. The van der Waals surface area contributed by atoms with Crippen molar-refractivity contribution in [3.05, 3.63) is 59.9 Å². The summed E-state index contributed by atoms with van der Waals surface area (Å²) >= 11 is 0. The zero-order valence-electron chi connectivity index (χ0n) is 18.3. The number of fused-ring (bicyclic) bond motifs is 2. The number of benzene rings is 1. The number of sulfonamides is 1. The molecule has 2 N–H and O–H groups in total. The minimum absolute atomic E-state index is 0.146. The summed E-state index contributed by atoms with van der Waals surface area (Å²) in [5.74, 6) is 0.335. The van der Waals surface area contributed by atoms with Gasteiger partial charge in [0.2, 0.25) is 15.9 Å². The molecule has 11 nitrogen and oxygen atoms in total. The van der Waals surface area contributed by atoms with Crippen molar-refractivity contribution < 1.29 is 23.1 Å². The smallest absolute Gasteiger partial charge is 0.290 e. The Kier molecular flexibility index (Phi) is 5.58. The second-order valence-corrected chi connectivity index (χ2v) is 9.82. The Morgan fingerprint density at radius 2 is 1.97 bits per heavy atom. The van der Waals surface area contributed by atoms with Gasteiger partial charge in [-0.1, -0.05) is 18.2 Å². The van der Waals surface area contributed by atoms with Crippen molar-refractivity contribution in [2.45, 2.75) is 29.7 Å². The molecule has 4 heterocycles. The number of carbonyl (C=O) groups excluding carboxylic acids is 1. The van der Waals surface area contributed by atoms with Crippen LogP contribution in [0.1, 0.15) is 29.5 Å². The molecule has 2 unspecified atom stereocenters. The molecule has 1 spiro atoms. The Morgan fingerprint density at radius 3 is 2.58 bits per heavy atom. The molecular formula is C21H24N6O5S. The number of imidazole rings is 1. The monoisotopic (exact) mass is 472 g/mol. The lowest BCUT2D eigenvalue weighted by molar-refractivity contribution is -0.123. The van der Waals surface area contributed by atoms with E-state index < -0.39 is 21.5 Å². The van der Waals surface area contributed by atoms with Crippen LogP contribution in [0.2, 0.25) is 0 Å². The predicted molar refractivity (Wildman–Crippen MR) is 118 cm³/mol. The summed E-state index contributed by atoms with van der Waals surface area (Å²) < 4.78 is 32.2.